The summed E-state index contributed by atoms with van der Waals surface area (Å²) in [5.41, 5.74) is 0. The fourth-order valence-corrected chi connectivity index (χ4v) is 1.52. The van der Waals surface area contributed by atoms with Crippen LogP contribution >= 0.6 is 0 Å². The highest BCUT2D eigenvalue weighted by molar-refractivity contribution is 5.80. The molecule has 1 amide bonds. The van der Waals surface area contributed by atoms with Gasteiger partial charge in [0.15, 0.2) is 5.96 Å². The van der Waals surface area contributed by atoms with Gasteiger partial charge in [0.2, 0.25) is 5.91 Å². The third-order valence-corrected chi connectivity index (χ3v) is 2.86. The van der Waals surface area contributed by atoms with Crippen molar-refractivity contribution in [1.29, 1.82) is 0 Å². The number of hydrogen-bond acceptors (Lipinski definition) is 3. The highest BCUT2D eigenvalue weighted by atomic mass is 16.5. The molecule has 0 saturated heterocycles. The number of rotatable bonds is 11. The summed E-state index contributed by atoms with van der Waals surface area (Å²) in [5.74, 6) is 0.849. The molecule has 0 aliphatic heterocycles. The van der Waals surface area contributed by atoms with Crippen LogP contribution in [-0.4, -0.2) is 51.8 Å². The SMILES string of the molecule is CCCCOCCCNC(=NC)NCCNC(=O)C(C)C. The number of carbonyl (C=O) groups excluding carboxylic acids is 1. The van der Waals surface area contributed by atoms with Gasteiger partial charge in [-0.05, 0) is 12.8 Å². The normalized spacial score (nSPS) is 11.6. The predicted molar refractivity (Wildman–Crippen MR) is 87.6 cm³/mol. The first-order valence-electron chi connectivity index (χ1n) is 7.91. The standard InChI is InChI=1S/C15H32N4O2/c1-5-6-11-21-12-7-8-18-15(16-4)19-10-9-17-14(20)13(2)3/h13H,5-12H2,1-4H3,(H,17,20)(H2,16,18,19). The van der Waals surface area contributed by atoms with Gasteiger partial charge in [-0.3, -0.25) is 9.79 Å². The van der Waals surface area contributed by atoms with E-state index in [9.17, 15) is 4.79 Å². The third-order valence-electron chi connectivity index (χ3n) is 2.86. The van der Waals surface area contributed by atoms with Crippen molar-refractivity contribution in [1.82, 2.24) is 16.0 Å². The summed E-state index contributed by atoms with van der Waals surface area (Å²) in [5, 5.41) is 9.23. The van der Waals surface area contributed by atoms with Gasteiger partial charge in [-0.1, -0.05) is 27.2 Å². The van der Waals surface area contributed by atoms with Crippen LogP contribution in [0.15, 0.2) is 4.99 Å². The Bertz CT molecular complexity index is 293. The molecule has 0 fully saturated rings. The summed E-state index contributed by atoms with van der Waals surface area (Å²) in [6, 6.07) is 0. The lowest BCUT2D eigenvalue weighted by atomic mass is 10.2. The highest BCUT2D eigenvalue weighted by Gasteiger charge is 2.04. The second-order valence-electron chi connectivity index (χ2n) is 5.19. The number of guanidine groups is 1. The number of nitrogens with one attached hydrogen (secondary N) is 3. The molecule has 0 heterocycles. The fraction of sp³-hybridized carbons (Fsp3) is 0.867. The predicted octanol–water partition coefficient (Wildman–Crippen LogP) is 1.13. The summed E-state index contributed by atoms with van der Waals surface area (Å²) in [4.78, 5) is 15.5. The number of aliphatic imine (C=N–C) groups is 1. The first kappa shape index (κ1) is 19.7. The smallest absolute Gasteiger partial charge is 0.222 e. The van der Waals surface area contributed by atoms with Crippen LogP contribution < -0.4 is 16.0 Å². The van der Waals surface area contributed by atoms with Crippen molar-refractivity contribution >= 4 is 11.9 Å². The minimum atomic E-state index is 0.0233. The van der Waals surface area contributed by atoms with Crippen molar-refractivity contribution in [2.75, 3.05) is 39.9 Å². The number of amides is 1. The minimum absolute atomic E-state index is 0.0233. The van der Waals surface area contributed by atoms with Gasteiger partial charge in [-0.25, -0.2) is 0 Å². The molecule has 0 aliphatic rings. The van der Waals surface area contributed by atoms with Crippen LogP contribution in [0.3, 0.4) is 0 Å². The zero-order valence-electron chi connectivity index (χ0n) is 14.0. The van der Waals surface area contributed by atoms with Gasteiger partial charge < -0.3 is 20.7 Å². The van der Waals surface area contributed by atoms with E-state index in [0.717, 1.165) is 38.6 Å². The maximum Gasteiger partial charge on any atom is 0.222 e. The summed E-state index contributed by atoms with van der Waals surface area (Å²) in [7, 11) is 1.74. The van der Waals surface area contributed by atoms with E-state index in [0.29, 0.717) is 13.1 Å². The van der Waals surface area contributed by atoms with Crippen LogP contribution in [0.1, 0.15) is 40.0 Å². The van der Waals surface area contributed by atoms with Crippen molar-refractivity contribution in [3.05, 3.63) is 0 Å². The monoisotopic (exact) mass is 300 g/mol. The van der Waals surface area contributed by atoms with Gasteiger partial charge >= 0.3 is 0 Å². The Morgan fingerprint density at radius 1 is 1.05 bits per heavy atom. The molecular formula is C15H32N4O2. The molecule has 0 aliphatic carbocycles. The van der Waals surface area contributed by atoms with E-state index in [4.69, 9.17) is 4.74 Å². The average molecular weight is 300 g/mol. The van der Waals surface area contributed by atoms with E-state index >= 15 is 0 Å². The molecule has 0 atom stereocenters. The summed E-state index contributed by atoms with van der Waals surface area (Å²) < 4.78 is 5.49. The van der Waals surface area contributed by atoms with Crippen LogP contribution in [0.4, 0.5) is 0 Å². The van der Waals surface area contributed by atoms with Gasteiger partial charge in [-0.2, -0.15) is 0 Å². The zero-order valence-corrected chi connectivity index (χ0v) is 14.0. The average Bonchev–Trinajstić information content (AvgIpc) is 2.47. The molecule has 3 N–H and O–H groups in total. The lowest BCUT2D eigenvalue weighted by Gasteiger charge is -2.13. The molecule has 0 rings (SSSR count). The fourth-order valence-electron chi connectivity index (χ4n) is 1.52. The molecule has 0 bridgehead atoms. The molecule has 0 aromatic rings. The second-order valence-corrected chi connectivity index (χ2v) is 5.19. The molecule has 0 unspecified atom stereocenters. The van der Waals surface area contributed by atoms with E-state index in [2.05, 4.69) is 27.9 Å². The van der Waals surface area contributed by atoms with Gasteiger partial charge in [-0.15, -0.1) is 0 Å². The van der Waals surface area contributed by atoms with Crippen molar-refractivity contribution < 1.29 is 9.53 Å². The molecule has 6 nitrogen and oxygen atoms in total. The van der Waals surface area contributed by atoms with Crippen LogP contribution in [0.2, 0.25) is 0 Å². The number of unbranched alkanes of at least 4 members (excludes halogenated alkanes) is 1. The molecule has 124 valence electrons. The van der Waals surface area contributed by atoms with E-state index < -0.39 is 0 Å². The molecule has 0 radical (unpaired) electrons. The van der Waals surface area contributed by atoms with E-state index in [1.54, 1.807) is 7.05 Å². The maximum atomic E-state index is 11.4. The molecule has 0 spiro atoms. The zero-order chi connectivity index (χ0) is 15.9. The molecule has 6 heteroatoms. The third kappa shape index (κ3) is 12.2. The van der Waals surface area contributed by atoms with Crippen molar-refractivity contribution in [2.24, 2.45) is 10.9 Å². The number of hydrogen-bond donors (Lipinski definition) is 3. The molecule has 0 saturated carbocycles. The number of ether oxygens (including phenoxy) is 1. The summed E-state index contributed by atoms with van der Waals surface area (Å²) in [6.45, 7) is 9.61. The highest BCUT2D eigenvalue weighted by Crippen LogP contribution is 1.89. The Hall–Kier alpha value is -1.30. The summed E-state index contributed by atoms with van der Waals surface area (Å²) in [6.07, 6.45) is 3.25. The lowest BCUT2D eigenvalue weighted by Crippen LogP contribution is -2.42. The first-order chi connectivity index (χ1) is 10.1. The Kier molecular flexibility index (Phi) is 12.8. The van der Waals surface area contributed by atoms with Crippen LogP contribution in [0.25, 0.3) is 0 Å². The Morgan fingerprint density at radius 2 is 1.67 bits per heavy atom. The largest absolute Gasteiger partial charge is 0.381 e. The molecule has 0 aromatic carbocycles. The van der Waals surface area contributed by atoms with E-state index in [1.807, 2.05) is 13.8 Å². The molecular weight excluding hydrogens is 268 g/mol. The van der Waals surface area contributed by atoms with Crippen LogP contribution in [0, 0.1) is 5.92 Å². The van der Waals surface area contributed by atoms with Gasteiger partial charge in [0.05, 0.1) is 0 Å². The van der Waals surface area contributed by atoms with Crippen LogP contribution in [-0.2, 0) is 9.53 Å². The maximum absolute atomic E-state index is 11.4. The second kappa shape index (κ2) is 13.7. The van der Waals surface area contributed by atoms with Crippen LogP contribution in [0.5, 0.6) is 0 Å². The summed E-state index contributed by atoms with van der Waals surface area (Å²) >= 11 is 0. The van der Waals surface area contributed by atoms with Crippen molar-refractivity contribution in [2.45, 2.75) is 40.0 Å². The van der Waals surface area contributed by atoms with Crippen molar-refractivity contribution in [3.8, 4) is 0 Å². The Morgan fingerprint density at radius 3 is 2.29 bits per heavy atom. The van der Waals surface area contributed by atoms with Gasteiger partial charge in [0.1, 0.15) is 0 Å². The minimum Gasteiger partial charge on any atom is -0.381 e. The first-order valence-corrected chi connectivity index (χ1v) is 7.91. The Balaban J connectivity index is 3.53. The molecule has 21 heavy (non-hydrogen) atoms. The topological polar surface area (TPSA) is 74.8 Å². The quantitative estimate of drug-likeness (QED) is 0.304. The van der Waals surface area contributed by atoms with Gasteiger partial charge in [0, 0.05) is 45.8 Å². The molecule has 0 aromatic heterocycles. The van der Waals surface area contributed by atoms with Crippen molar-refractivity contribution in [3.63, 3.8) is 0 Å². The number of carbonyl (C=O) groups is 1. The Labute approximate surface area is 129 Å². The van der Waals surface area contributed by atoms with E-state index in [-0.39, 0.29) is 11.8 Å². The van der Waals surface area contributed by atoms with E-state index in [1.165, 1.54) is 6.42 Å². The lowest BCUT2D eigenvalue weighted by molar-refractivity contribution is -0.123. The van der Waals surface area contributed by atoms with Gasteiger partial charge in [0.25, 0.3) is 0 Å². The number of nitrogens with zero attached hydrogens (tertiary/aromatic N) is 1.